The maximum atomic E-state index is 11.7. The molecule has 0 spiro atoms. The van der Waals surface area contributed by atoms with Crippen LogP contribution in [0.25, 0.3) is 0 Å². The van der Waals surface area contributed by atoms with E-state index < -0.39 is 22.0 Å². The van der Waals surface area contributed by atoms with Crippen molar-refractivity contribution in [2.75, 3.05) is 0 Å². The van der Waals surface area contributed by atoms with Gasteiger partial charge in [-0.25, -0.2) is 0 Å². The molecule has 0 heterocycles. The highest BCUT2D eigenvalue weighted by atomic mass is 35.6. The fraction of sp³-hybridized carbons (Fsp3) is 0.864. The van der Waals surface area contributed by atoms with E-state index in [9.17, 15) is 9.90 Å². The van der Waals surface area contributed by atoms with E-state index in [4.69, 9.17) is 39.5 Å². The van der Waals surface area contributed by atoms with E-state index in [0.29, 0.717) is 6.42 Å². The molecule has 0 aliphatic rings. The molecule has 0 aromatic carbocycles. The summed E-state index contributed by atoms with van der Waals surface area (Å²) in [5, 5.41) is 10.1. The first-order valence-corrected chi connectivity index (χ1v) is 12.0. The Kier molecular flexibility index (Phi) is 21.9. The monoisotopic (exact) mass is 458 g/mol. The Morgan fingerprint density at radius 3 is 1.93 bits per heavy atom. The second-order valence-corrected chi connectivity index (χ2v) is 9.28. The van der Waals surface area contributed by atoms with Crippen LogP contribution in [0.1, 0.15) is 105 Å². The Balaban J connectivity index is 0. The molecule has 0 aliphatic heterocycles. The van der Waals surface area contributed by atoms with E-state index >= 15 is 0 Å². The lowest BCUT2D eigenvalue weighted by atomic mass is 10.1. The number of carbonyl (C=O) groups excluding carboxylic acids is 1. The van der Waals surface area contributed by atoms with Crippen LogP contribution >= 0.6 is 34.8 Å². The topological polar surface area (TPSA) is 46.5 Å². The molecule has 0 aromatic heterocycles. The summed E-state index contributed by atoms with van der Waals surface area (Å²) in [5.74, 6) is -0.622. The number of unbranched alkanes of at least 4 members (excludes halogenated alkanes) is 9. The van der Waals surface area contributed by atoms with Crippen molar-refractivity contribution in [1.82, 2.24) is 0 Å². The van der Waals surface area contributed by atoms with Crippen molar-refractivity contribution in [3.8, 4) is 0 Å². The van der Waals surface area contributed by atoms with E-state index in [2.05, 4.69) is 6.92 Å². The first-order valence-electron chi connectivity index (χ1n) is 10.9. The van der Waals surface area contributed by atoms with Crippen molar-refractivity contribution >= 4 is 40.8 Å². The summed E-state index contributed by atoms with van der Waals surface area (Å²) in [5.41, 5.74) is 0. The molecule has 3 nitrogen and oxygen atoms in total. The van der Waals surface area contributed by atoms with Gasteiger partial charge in [-0.2, -0.15) is 0 Å². The van der Waals surface area contributed by atoms with Crippen LogP contribution in [0.4, 0.5) is 0 Å². The molecule has 0 amide bonds. The van der Waals surface area contributed by atoms with E-state index in [1.54, 1.807) is 6.08 Å². The van der Waals surface area contributed by atoms with Gasteiger partial charge in [0.2, 0.25) is 3.79 Å². The molecule has 0 saturated carbocycles. The lowest BCUT2D eigenvalue weighted by Crippen LogP contribution is -2.30. The summed E-state index contributed by atoms with van der Waals surface area (Å²) in [7, 11) is 0. The molecule has 0 aliphatic carbocycles. The number of aliphatic hydroxyl groups excluding tert-OH is 1. The zero-order chi connectivity index (χ0) is 21.8. The van der Waals surface area contributed by atoms with Crippen LogP contribution in [0.3, 0.4) is 0 Å². The summed E-state index contributed by atoms with van der Waals surface area (Å²) in [6.07, 6.45) is 14.9. The first-order chi connectivity index (χ1) is 13.3. The molecule has 28 heavy (non-hydrogen) atoms. The van der Waals surface area contributed by atoms with Gasteiger partial charge in [-0.3, -0.25) is 4.79 Å². The highest BCUT2D eigenvalue weighted by Crippen LogP contribution is 2.30. The van der Waals surface area contributed by atoms with Gasteiger partial charge < -0.3 is 9.84 Å². The maximum Gasteiger partial charge on any atom is 0.310 e. The van der Waals surface area contributed by atoms with Gasteiger partial charge in [-0.15, -0.1) is 0 Å². The van der Waals surface area contributed by atoms with Crippen LogP contribution in [-0.4, -0.2) is 27.1 Å². The summed E-state index contributed by atoms with van der Waals surface area (Å²) in [4.78, 5) is 11.7. The lowest BCUT2D eigenvalue weighted by molar-refractivity contribution is -0.153. The van der Waals surface area contributed by atoms with Gasteiger partial charge in [0.1, 0.15) is 12.2 Å². The fourth-order valence-electron chi connectivity index (χ4n) is 2.70. The molecule has 0 radical (unpaired) electrons. The van der Waals surface area contributed by atoms with E-state index in [1.807, 2.05) is 26.8 Å². The summed E-state index contributed by atoms with van der Waals surface area (Å²) >= 11 is 16.7. The Labute approximate surface area is 188 Å². The predicted molar refractivity (Wildman–Crippen MR) is 123 cm³/mol. The molecule has 168 valence electrons. The third-order valence-electron chi connectivity index (χ3n) is 4.22. The third kappa shape index (κ3) is 20.8. The third-order valence-corrected chi connectivity index (χ3v) is 4.62. The Hall–Kier alpha value is 0.0400. The van der Waals surface area contributed by atoms with Crippen molar-refractivity contribution in [1.29, 1.82) is 0 Å². The molecule has 0 fully saturated rings. The smallest absolute Gasteiger partial charge is 0.310 e. The number of carbonyl (C=O) groups is 1. The minimum Gasteiger partial charge on any atom is -0.459 e. The van der Waals surface area contributed by atoms with Crippen molar-refractivity contribution in [3.05, 3.63) is 12.2 Å². The number of allylic oxidation sites excluding steroid dienone is 1. The second-order valence-electron chi connectivity index (χ2n) is 6.76. The SMILES string of the molecule is CC.CCCCCCCCCCC/C=C/C(O)C(CC)OC(=O)CC(Cl)(Cl)Cl. The van der Waals surface area contributed by atoms with Gasteiger partial charge in [0.05, 0.1) is 6.42 Å². The normalized spacial score (nSPS) is 13.7. The zero-order valence-corrected chi connectivity index (χ0v) is 20.5. The minimum absolute atomic E-state index is 0.330. The van der Waals surface area contributed by atoms with Crippen LogP contribution in [0.15, 0.2) is 12.2 Å². The molecule has 1 N–H and O–H groups in total. The Morgan fingerprint density at radius 2 is 1.46 bits per heavy atom. The van der Waals surface area contributed by atoms with Crippen LogP contribution in [0, 0.1) is 0 Å². The predicted octanol–water partition coefficient (Wildman–Crippen LogP) is 7.93. The largest absolute Gasteiger partial charge is 0.459 e. The van der Waals surface area contributed by atoms with Gasteiger partial charge in [0.15, 0.2) is 0 Å². The molecule has 2 atom stereocenters. The molecule has 0 aromatic rings. The van der Waals surface area contributed by atoms with Gasteiger partial charge >= 0.3 is 5.97 Å². The van der Waals surface area contributed by atoms with Crippen LogP contribution in [0.2, 0.25) is 0 Å². The number of hydrogen-bond donors (Lipinski definition) is 1. The number of aliphatic hydroxyl groups is 1. The molecular formula is C22H41Cl3O3. The zero-order valence-electron chi connectivity index (χ0n) is 18.2. The number of alkyl halides is 3. The number of esters is 1. The standard InChI is InChI=1S/C20H35Cl3O3.C2H6/c1-3-5-6-7-8-9-10-11-12-13-14-15-17(24)18(4-2)26-19(25)16-20(21,22)23;1-2/h14-15,17-18,24H,3-13,16H2,1-2H3;1-2H3/b15-14+;. The second kappa shape index (κ2) is 20.3. The van der Waals surface area contributed by atoms with Crippen molar-refractivity contribution in [2.45, 2.75) is 121 Å². The molecular weight excluding hydrogens is 419 g/mol. The first kappa shape index (κ1) is 30.2. The van der Waals surface area contributed by atoms with E-state index in [0.717, 1.165) is 12.8 Å². The van der Waals surface area contributed by atoms with Crippen molar-refractivity contribution in [2.24, 2.45) is 0 Å². The van der Waals surface area contributed by atoms with Crippen molar-refractivity contribution in [3.63, 3.8) is 0 Å². The van der Waals surface area contributed by atoms with Crippen LogP contribution in [0.5, 0.6) is 0 Å². The molecule has 2 unspecified atom stereocenters. The quantitative estimate of drug-likeness (QED) is 0.117. The molecule has 0 bridgehead atoms. The minimum atomic E-state index is -1.67. The summed E-state index contributed by atoms with van der Waals surface area (Å²) < 4.78 is 3.52. The number of hydrogen-bond acceptors (Lipinski definition) is 3. The van der Waals surface area contributed by atoms with Crippen LogP contribution < -0.4 is 0 Å². The Bertz CT molecular complexity index is 382. The highest BCUT2D eigenvalue weighted by Gasteiger charge is 2.28. The summed E-state index contributed by atoms with van der Waals surface area (Å²) in [6, 6.07) is 0. The number of halogens is 3. The Morgan fingerprint density at radius 1 is 0.964 bits per heavy atom. The van der Waals surface area contributed by atoms with Crippen molar-refractivity contribution < 1.29 is 14.6 Å². The van der Waals surface area contributed by atoms with Crippen LogP contribution in [-0.2, 0) is 9.53 Å². The number of ether oxygens (including phenoxy) is 1. The number of rotatable bonds is 15. The summed E-state index contributed by atoms with van der Waals surface area (Å²) in [6.45, 7) is 8.08. The average Bonchev–Trinajstić information content (AvgIpc) is 2.64. The average molecular weight is 460 g/mol. The van der Waals surface area contributed by atoms with Gasteiger partial charge in [0.25, 0.3) is 0 Å². The fourth-order valence-corrected chi connectivity index (χ4v) is 3.03. The van der Waals surface area contributed by atoms with E-state index in [-0.39, 0.29) is 6.42 Å². The van der Waals surface area contributed by atoms with Gasteiger partial charge in [0, 0.05) is 0 Å². The highest BCUT2D eigenvalue weighted by molar-refractivity contribution is 6.68. The maximum absolute atomic E-state index is 11.7. The van der Waals surface area contributed by atoms with E-state index in [1.165, 1.54) is 51.4 Å². The van der Waals surface area contributed by atoms with Gasteiger partial charge in [-0.1, -0.05) is 126 Å². The lowest BCUT2D eigenvalue weighted by Gasteiger charge is -2.20. The van der Waals surface area contributed by atoms with Gasteiger partial charge in [-0.05, 0) is 19.3 Å². The molecule has 0 saturated heterocycles. The molecule has 6 heteroatoms. The molecule has 0 rings (SSSR count).